The second-order valence-corrected chi connectivity index (χ2v) is 5.63. The highest BCUT2D eigenvalue weighted by Crippen LogP contribution is 2.30. The Labute approximate surface area is 130 Å². The van der Waals surface area contributed by atoms with Crippen LogP contribution in [-0.2, 0) is 14.2 Å². The molecule has 0 amide bonds. The van der Waals surface area contributed by atoms with Gasteiger partial charge in [0.05, 0.1) is 19.8 Å². The molecule has 0 aromatic carbocycles. The third-order valence-electron chi connectivity index (χ3n) is 4.02. The van der Waals surface area contributed by atoms with Gasteiger partial charge in [-0.1, -0.05) is 0 Å². The lowest BCUT2D eigenvalue weighted by Crippen LogP contribution is -2.59. The quantitative estimate of drug-likeness (QED) is 0.238. The van der Waals surface area contributed by atoms with E-state index in [0.717, 1.165) is 0 Å². The van der Waals surface area contributed by atoms with Gasteiger partial charge in [-0.3, -0.25) is 0 Å². The zero-order chi connectivity index (χ0) is 17.4. The van der Waals surface area contributed by atoms with E-state index in [4.69, 9.17) is 24.4 Å². The molecule has 8 N–H and O–H groups in total. The fraction of sp³-hybridized carbons (Fsp3) is 1.00. The topological polar surface area (TPSA) is 190 Å². The largest absolute Gasteiger partial charge is 0.394 e. The van der Waals surface area contributed by atoms with Crippen molar-refractivity contribution < 1.29 is 55.1 Å². The summed E-state index contributed by atoms with van der Waals surface area (Å²) in [5.74, 6) is -2.34. The Hall–Kier alpha value is -0.440. The lowest BCUT2D eigenvalue weighted by Gasteiger charge is -2.39. The highest BCUT2D eigenvalue weighted by atomic mass is 16.7. The summed E-state index contributed by atoms with van der Waals surface area (Å²) in [5, 5.41) is 76.1. The van der Waals surface area contributed by atoms with Crippen LogP contribution in [0.4, 0.5) is 0 Å². The van der Waals surface area contributed by atoms with Crippen LogP contribution in [0.2, 0.25) is 0 Å². The van der Waals surface area contributed by atoms with Gasteiger partial charge in [0.15, 0.2) is 6.29 Å². The molecule has 0 aliphatic carbocycles. The van der Waals surface area contributed by atoms with Gasteiger partial charge in [0.1, 0.15) is 42.7 Å². The van der Waals surface area contributed by atoms with Gasteiger partial charge in [0, 0.05) is 0 Å². The monoisotopic (exact) mass is 342 g/mol. The van der Waals surface area contributed by atoms with Gasteiger partial charge >= 0.3 is 0 Å². The van der Waals surface area contributed by atoms with Crippen molar-refractivity contribution in [2.45, 2.75) is 54.8 Å². The van der Waals surface area contributed by atoms with Gasteiger partial charge < -0.3 is 55.1 Å². The Kier molecular flexibility index (Phi) is 5.92. The highest BCUT2D eigenvalue weighted by Gasteiger charge is 2.53. The van der Waals surface area contributed by atoms with Gasteiger partial charge in [-0.15, -0.1) is 0 Å². The SMILES string of the molecule is OC[C@H]1O[C@H](OC[C@H]2O[C@@](O)(CO)[C@@H](O)[C@@H]2O)[C@H](O)[C@@H](O)[C@@H]1O. The fourth-order valence-electron chi connectivity index (χ4n) is 2.53. The first-order valence-electron chi connectivity index (χ1n) is 7.04. The van der Waals surface area contributed by atoms with Crippen LogP contribution in [0.15, 0.2) is 0 Å². The van der Waals surface area contributed by atoms with Crippen LogP contribution in [0.25, 0.3) is 0 Å². The van der Waals surface area contributed by atoms with Crippen LogP contribution in [0.3, 0.4) is 0 Å². The minimum absolute atomic E-state index is 0.469. The summed E-state index contributed by atoms with van der Waals surface area (Å²) < 4.78 is 15.2. The first-order chi connectivity index (χ1) is 10.7. The molecule has 11 heteroatoms. The van der Waals surface area contributed by atoms with Gasteiger partial charge in [-0.2, -0.15) is 0 Å². The first-order valence-corrected chi connectivity index (χ1v) is 7.04. The minimum atomic E-state index is -2.34. The van der Waals surface area contributed by atoms with Crippen molar-refractivity contribution in [1.82, 2.24) is 0 Å². The van der Waals surface area contributed by atoms with Crippen molar-refractivity contribution in [1.29, 1.82) is 0 Å². The standard InChI is InChI=1S/C12H22O11/c13-1-4-6(15)8(17)9(18)11(22-4)21-2-5-7(16)10(19)12(20,3-14)23-5/h4-11,13-20H,1-3H2/t4-,5-,6-,7-,8+,9-,10+,11+,12+/m1/s1. The smallest absolute Gasteiger partial charge is 0.219 e. The van der Waals surface area contributed by atoms with Crippen molar-refractivity contribution in [2.24, 2.45) is 0 Å². The van der Waals surface area contributed by atoms with Gasteiger partial charge in [-0.25, -0.2) is 0 Å². The second-order valence-electron chi connectivity index (χ2n) is 5.63. The summed E-state index contributed by atoms with van der Waals surface area (Å²) in [6.07, 6.45) is -12.0. The maximum Gasteiger partial charge on any atom is 0.219 e. The Balaban J connectivity index is 1.95. The van der Waals surface area contributed by atoms with E-state index in [-0.39, 0.29) is 0 Å². The molecule has 2 fully saturated rings. The Morgan fingerprint density at radius 3 is 2.04 bits per heavy atom. The fourth-order valence-corrected chi connectivity index (χ4v) is 2.53. The molecule has 136 valence electrons. The number of hydrogen-bond donors (Lipinski definition) is 8. The first kappa shape index (κ1) is 18.9. The number of aliphatic hydroxyl groups excluding tert-OH is 7. The summed E-state index contributed by atoms with van der Waals surface area (Å²) in [4.78, 5) is 0. The average Bonchev–Trinajstić information content (AvgIpc) is 2.77. The van der Waals surface area contributed by atoms with E-state index in [9.17, 15) is 30.6 Å². The normalized spacial score (nSPS) is 51.1. The van der Waals surface area contributed by atoms with Gasteiger partial charge in [0.25, 0.3) is 0 Å². The zero-order valence-corrected chi connectivity index (χ0v) is 12.0. The maximum absolute atomic E-state index is 9.78. The molecule has 0 spiro atoms. The van der Waals surface area contributed by atoms with Crippen LogP contribution >= 0.6 is 0 Å². The Morgan fingerprint density at radius 2 is 1.52 bits per heavy atom. The van der Waals surface area contributed by atoms with Crippen molar-refractivity contribution >= 4 is 0 Å². The molecule has 0 radical (unpaired) electrons. The summed E-state index contributed by atoms with van der Waals surface area (Å²) >= 11 is 0. The molecule has 0 aromatic heterocycles. The van der Waals surface area contributed by atoms with E-state index in [1.54, 1.807) is 0 Å². The van der Waals surface area contributed by atoms with E-state index >= 15 is 0 Å². The molecule has 9 atom stereocenters. The second kappa shape index (κ2) is 7.21. The minimum Gasteiger partial charge on any atom is -0.394 e. The van der Waals surface area contributed by atoms with E-state index in [1.807, 2.05) is 0 Å². The number of aliphatic hydroxyl groups is 8. The van der Waals surface area contributed by atoms with E-state index < -0.39 is 74.6 Å². The Bertz CT molecular complexity index is 393. The van der Waals surface area contributed by atoms with Crippen molar-refractivity contribution in [3.63, 3.8) is 0 Å². The lowest BCUT2D eigenvalue weighted by atomic mass is 9.99. The molecular weight excluding hydrogens is 320 g/mol. The van der Waals surface area contributed by atoms with Crippen LogP contribution < -0.4 is 0 Å². The third-order valence-corrected chi connectivity index (χ3v) is 4.02. The number of hydrogen-bond acceptors (Lipinski definition) is 11. The van der Waals surface area contributed by atoms with E-state index in [1.165, 1.54) is 0 Å². The lowest BCUT2D eigenvalue weighted by molar-refractivity contribution is -0.310. The van der Waals surface area contributed by atoms with Crippen LogP contribution in [0, 0.1) is 0 Å². The molecule has 0 unspecified atom stereocenters. The van der Waals surface area contributed by atoms with Crippen LogP contribution in [0.5, 0.6) is 0 Å². The molecule has 11 nitrogen and oxygen atoms in total. The van der Waals surface area contributed by atoms with Gasteiger partial charge in [0.2, 0.25) is 5.79 Å². The summed E-state index contributed by atoms with van der Waals surface area (Å²) in [6.45, 7) is -2.05. The molecular formula is C12H22O11. The summed E-state index contributed by atoms with van der Waals surface area (Å²) in [6, 6.07) is 0. The molecule has 0 bridgehead atoms. The summed E-state index contributed by atoms with van der Waals surface area (Å²) in [5.41, 5.74) is 0. The van der Waals surface area contributed by atoms with Crippen LogP contribution in [-0.4, -0.2) is 115 Å². The highest BCUT2D eigenvalue weighted by molar-refractivity contribution is 4.95. The molecule has 0 saturated carbocycles. The maximum atomic E-state index is 9.78. The number of ether oxygens (including phenoxy) is 3. The molecule has 23 heavy (non-hydrogen) atoms. The molecule has 2 saturated heterocycles. The van der Waals surface area contributed by atoms with Crippen molar-refractivity contribution in [3.05, 3.63) is 0 Å². The molecule has 2 rings (SSSR count). The summed E-state index contributed by atoms with van der Waals surface area (Å²) in [7, 11) is 0. The van der Waals surface area contributed by atoms with E-state index in [2.05, 4.69) is 0 Å². The third kappa shape index (κ3) is 3.50. The molecule has 2 aliphatic heterocycles. The predicted molar refractivity (Wildman–Crippen MR) is 68.6 cm³/mol. The van der Waals surface area contributed by atoms with Crippen molar-refractivity contribution in [2.75, 3.05) is 19.8 Å². The van der Waals surface area contributed by atoms with Gasteiger partial charge in [-0.05, 0) is 0 Å². The number of rotatable bonds is 5. The zero-order valence-electron chi connectivity index (χ0n) is 12.0. The Morgan fingerprint density at radius 1 is 0.870 bits per heavy atom. The van der Waals surface area contributed by atoms with Crippen molar-refractivity contribution in [3.8, 4) is 0 Å². The predicted octanol–water partition coefficient (Wildman–Crippen LogP) is -5.40. The molecule has 2 aliphatic rings. The average molecular weight is 342 g/mol. The van der Waals surface area contributed by atoms with Crippen LogP contribution in [0.1, 0.15) is 0 Å². The molecule has 0 aromatic rings. The van der Waals surface area contributed by atoms with E-state index in [0.29, 0.717) is 0 Å². The molecule has 2 heterocycles.